The van der Waals surface area contributed by atoms with Crippen LogP contribution in [0.2, 0.25) is 0 Å². The van der Waals surface area contributed by atoms with E-state index < -0.39 is 0 Å². The summed E-state index contributed by atoms with van der Waals surface area (Å²) in [6.45, 7) is 6.42. The number of pyridine rings is 1. The minimum Gasteiger partial charge on any atom is -0.392 e. The second-order valence-electron chi connectivity index (χ2n) is 5.24. The Balaban J connectivity index is 2.75. The van der Waals surface area contributed by atoms with Gasteiger partial charge in [-0.25, -0.2) is 0 Å². The van der Waals surface area contributed by atoms with Crippen molar-refractivity contribution >= 4 is 26.8 Å². The molecule has 0 radical (unpaired) electrons. The molecule has 17 heavy (non-hydrogen) atoms. The van der Waals surface area contributed by atoms with Crippen molar-refractivity contribution in [2.45, 2.75) is 32.8 Å². The lowest BCUT2D eigenvalue weighted by Crippen LogP contribution is -2.14. The number of halogens is 1. The molecule has 90 valence electrons. The first kappa shape index (κ1) is 12.5. The summed E-state index contributed by atoms with van der Waals surface area (Å²) in [6, 6.07) is 7.95. The maximum absolute atomic E-state index is 9.47. The molecule has 0 saturated heterocycles. The first-order valence-electron chi connectivity index (χ1n) is 5.62. The standard InChI is InChI=1S/C14H16BrNO/c1-14(2,3)13-6-9(8-17)11-7-10(15)4-5-12(11)16-13/h4-7,17H,8H2,1-3H3. The van der Waals surface area contributed by atoms with E-state index in [2.05, 4.69) is 41.7 Å². The summed E-state index contributed by atoms with van der Waals surface area (Å²) < 4.78 is 1.00. The van der Waals surface area contributed by atoms with Crippen molar-refractivity contribution in [1.29, 1.82) is 0 Å². The summed E-state index contributed by atoms with van der Waals surface area (Å²) in [5.41, 5.74) is 2.87. The highest BCUT2D eigenvalue weighted by Crippen LogP contribution is 2.27. The van der Waals surface area contributed by atoms with E-state index in [1.807, 2.05) is 24.3 Å². The zero-order valence-corrected chi connectivity index (χ0v) is 11.9. The van der Waals surface area contributed by atoms with Crippen molar-refractivity contribution in [3.63, 3.8) is 0 Å². The fourth-order valence-corrected chi connectivity index (χ4v) is 2.14. The number of rotatable bonds is 1. The minimum atomic E-state index is -0.00875. The molecule has 1 heterocycles. The van der Waals surface area contributed by atoms with Gasteiger partial charge in [-0.1, -0.05) is 36.7 Å². The van der Waals surface area contributed by atoms with Crippen LogP contribution in [0, 0.1) is 0 Å². The molecule has 0 saturated carbocycles. The van der Waals surface area contributed by atoms with E-state index in [4.69, 9.17) is 0 Å². The van der Waals surface area contributed by atoms with Crippen LogP contribution in [-0.2, 0) is 12.0 Å². The molecule has 0 atom stereocenters. The van der Waals surface area contributed by atoms with Crippen LogP contribution in [0.25, 0.3) is 10.9 Å². The topological polar surface area (TPSA) is 33.1 Å². The van der Waals surface area contributed by atoms with Gasteiger partial charge in [0.25, 0.3) is 0 Å². The second-order valence-corrected chi connectivity index (χ2v) is 6.15. The fraction of sp³-hybridized carbons (Fsp3) is 0.357. The Labute approximate surface area is 110 Å². The molecule has 3 heteroatoms. The first-order valence-corrected chi connectivity index (χ1v) is 6.41. The second kappa shape index (κ2) is 4.39. The Kier molecular flexibility index (Phi) is 3.23. The van der Waals surface area contributed by atoms with Gasteiger partial charge in [-0.3, -0.25) is 4.98 Å². The highest BCUT2D eigenvalue weighted by molar-refractivity contribution is 9.10. The van der Waals surface area contributed by atoms with E-state index >= 15 is 0 Å². The summed E-state index contributed by atoms with van der Waals surface area (Å²) in [6.07, 6.45) is 0. The Morgan fingerprint density at radius 2 is 1.94 bits per heavy atom. The lowest BCUT2D eigenvalue weighted by Gasteiger charge is -2.19. The molecule has 0 aliphatic rings. The normalized spacial score (nSPS) is 12.1. The van der Waals surface area contributed by atoms with Crippen molar-refractivity contribution in [1.82, 2.24) is 4.98 Å². The monoisotopic (exact) mass is 293 g/mol. The number of aromatic nitrogens is 1. The molecule has 1 N–H and O–H groups in total. The molecule has 1 aromatic heterocycles. The van der Waals surface area contributed by atoms with Gasteiger partial charge in [0.2, 0.25) is 0 Å². The number of fused-ring (bicyclic) bond motifs is 1. The highest BCUT2D eigenvalue weighted by atomic mass is 79.9. The molecule has 2 rings (SSSR count). The van der Waals surface area contributed by atoms with Crippen LogP contribution in [0.1, 0.15) is 32.0 Å². The van der Waals surface area contributed by atoms with Crippen molar-refractivity contribution in [2.75, 3.05) is 0 Å². The van der Waals surface area contributed by atoms with E-state index in [1.54, 1.807) is 0 Å². The molecule has 0 fully saturated rings. The zero-order chi connectivity index (χ0) is 12.6. The van der Waals surface area contributed by atoms with Gasteiger partial charge in [-0.2, -0.15) is 0 Å². The average molecular weight is 294 g/mol. The summed E-state index contributed by atoms with van der Waals surface area (Å²) in [5, 5.41) is 10.5. The molecule has 1 aromatic carbocycles. The molecule has 0 aliphatic heterocycles. The third-order valence-corrected chi connectivity index (χ3v) is 3.29. The van der Waals surface area contributed by atoms with Crippen LogP contribution in [-0.4, -0.2) is 10.1 Å². The smallest absolute Gasteiger partial charge is 0.0709 e. The number of benzene rings is 1. The number of hydrogen-bond donors (Lipinski definition) is 1. The third-order valence-electron chi connectivity index (χ3n) is 2.80. The maximum atomic E-state index is 9.47. The van der Waals surface area contributed by atoms with Crippen LogP contribution in [0.3, 0.4) is 0 Å². The van der Waals surface area contributed by atoms with Crippen molar-refractivity contribution in [3.8, 4) is 0 Å². The van der Waals surface area contributed by atoms with E-state index in [9.17, 15) is 5.11 Å². The highest BCUT2D eigenvalue weighted by Gasteiger charge is 2.17. The molecule has 0 unspecified atom stereocenters. The van der Waals surface area contributed by atoms with Gasteiger partial charge in [0.1, 0.15) is 0 Å². The molecule has 0 bridgehead atoms. The van der Waals surface area contributed by atoms with E-state index in [-0.39, 0.29) is 12.0 Å². The van der Waals surface area contributed by atoms with Gasteiger partial charge in [-0.15, -0.1) is 0 Å². The minimum absolute atomic E-state index is 0.00875. The van der Waals surface area contributed by atoms with E-state index in [1.165, 1.54) is 0 Å². The SMILES string of the molecule is CC(C)(C)c1cc(CO)c2cc(Br)ccc2n1. The molecule has 0 amide bonds. The number of aliphatic hydroxyl groups excluding tert-OH is 1. The van der Waals surface area contributed by atoms with Crippen LogP contribution >= 0.6 is 15.9 Å². The number of nitrogens with zero attached hydrogens (tertiary/aromatic N) is 1. The summed E-state index contributed by atoms with van der Waals surface area (Å²) in [4.78, 5) is 4.66. The van der Waals surface area contributed by atoms with E-state index in [0.29, 0.717) is 0 Å². The molecule has 0 aliphatic carbocycles. The van der Waals surface area contributed by atoms with Gasteiger partial charge >= 0.3 is 0 Å². The molecule has 2 nitrogen and oxygen atoms in total. The van der Waals surface area contributed by atoms with Gasteiger partial charge in [0.05, 0.1) is 12.1 Å². The molecule has 0 spiro atoms. The van der Waals surface area contributed by atoms with Crippen molar-refractivity contribution in [3.05, 3.63) is 40.0 Å². The molecular weight excluding hydrogens is 278 g/mol. The third kappa shape index (κ3) is 2.50. The van der Waals surface area contributed by atoms with Crippen LogP contribution < -0.4 is 0 Å². The summed E-state index contributed by atoms with van der Waals surface area (Å²) in [7, 11) is 0. The predicted octanol–water partition coefficient (Wildman–Crippen LogP) is 3.79. The zero-order valence-electron chi connectivity index (χ0n) is 10.3. The summed E-state index contributed by atoms with van der Waals surface area (Å²) in [5.74, 6) is 0. The van der Waals surface area contributed by atoms with Crippen LogP contribution in [0.4, 0.5) is 0 Å². The lowest BCUT2D eigenvalue weighted by atomic mass is 9.90. The van der Waals surface area contributed by atoms with Crippen molar-refractivity contribution < 1.29 is 5.11 Å². The van der Waals surface area contributed by atoms with Crippen LogP contribution in [0.5, 0.6) is 0 Å². The Morgan fingerprint density at radius 3 is 2.53 bits per heavy atom. The Hall–Kier alpha value is -0.930. The Morgan fingerprint density at radius 1 is 1.24 bits per heavy atom. The summed E-state index contributed by atoms with van der Waals surface area (Å²) >= 11 is 3.44. The first-order chi connectivity index (χ1) is 7.91. The average Bonchev–Trinajstić information content (AvgIpc) is 2.26. The van der Waals surface area contributed by atoms with Crippen LogP contribution in [0.15, 0.2) is 28.7 Å². The lowest BCUT2D eigenvalue weighted by molar-refractivity contribution is 0.283. The van der Waals surface area contributed by atoms with Gasteiger partial charge in [-0.05, 0) is 29.8 Å². The van der Waals surface area contributed by atoms with Crippen molar-refractivity contribution in [2.24, 2.45) is 0 Å². The quantitative estimate of drug-likeness (QED) is 0.868. The predicted molar refractivity (Wildman–Crippen MR) is 74.1 cm³/mol. The van der Waals surface area contributed by atoms with Gasteiger partial charge in [0, 0.05) is 21.0 Å². The van der Waals surface area contributed by atoms with Gasteiger partial charge < -0.3 is 5.11 Å². The Bertz CT molecular complexity index is 558. The largest absolute Gasteiger partial charge is 0.392 e. The molecule has 2 aromatic rings. The molecular formula is C14H16BrNO. The fourth-order valence-electron chi connectivity index (χ4n) is 1.78. The van der Waals surface area contributed by atoms with E-state index in [0.717, 1.165) is 26.6 Å². The number of aliphatic hydroxyl groups is 1. The maximum Gasteiger partial charge on any atom is 0.0709 e. The van der Waals surface area contributed by atoms with Gasteiger partial charge in [0.15, 0.2) is 0 Å². The number of hydrogen-bond acceptors (Lipinski definition) is 2.